The fourth-order valence-electron chi connectivity index (χ4n) is 5.60. The summed E-state index contributed by atoms with van der Waals surface area (Å²) in [5.74, 6) is 2.82. The van der Waals surface area contributed by atoms with Crippen molar-refractivity contribution in [2.24, 2.45) is 0 Å². The first-order valence-corrected chi connectivity index (χ1v) is 15.3. The minimum atomic E-state index is -0.00739. The molecule has 9 heteroatoms. The number of hydrogen-bond donors (Lipinski definition) is 0. The van der Waals surface area contributed by atoms with Crippen LogP contribution < -0.4 is 9.64 Å². The van der Waals surface area contributed by atoms with Crippen LogP contribution in [-0.2, 0) is 6.42 Å². The highest BCUT2D eigenvalue weighted by atomic mass is 35.5. The van der Waals surface area contributed by atoms with Gasteiger partial charge in [0.1, 0.15) is 34.2 Å². The zero-order chi connectivity index (χ0) is 30.6. The number of para-hydroxylation sites is 1. The highest BCUT2D eigenvalue weighted by molar-refractivity contribution is 6.30. The molecule has 0 radical (unpaired) electrons. The molecule has 1 aliphatic heterocycles. The van der Waals surface area contributed by atoms with Crippen LogP contribution in [-0.4, -0.2) is 52.1 Å². The Bertz CT molecular complexity index is 1930. The van der Waals surface area contributed by atoms with Crippen molar-refractivity contribution in [1.82, 2.24) is 20.0 Å². The Morgan fingerprint density at radius 3 is 2.36 bits per heavy atom. The molecular weight excluding hydrogens is 586 g/mol. The molecule has 1 fully saturated rings. The zero-order valence-corrected chi connectivity index (χ0v) is 25.2. The molecule has 45 heavy (non-hydrogen) atoms. The van der Waals surface area contributed by atoms with Crippen molar-refractivity contribution in [2.75, 3.05) is 31.1 Å². The monoisotopic (exact) mass is 615 g/mol. The third-order valence-corrected chi connectivity index (χ3v) is 8.08. The standard InChI is InChI=1S/C36H30ClN5O3/c37-28-17-15-26(16-18-28)36(43)42-20-8-19-41(21-22-42)34-32-33(27-11-7-14-30(24-27)44-29-12-5-2-6-13-29)40-45-35(32)39-31(38-34)23-25-9-3-1-4-10-25/h1-7,9-18,24H,8,19-23H2. The topological polar surface area (TPSA) is 84.6 Å². The number of halogens is 1. The Labute approximate surface area is 265 Å². The van der Waals surface area contributed by atoms with Crippen molar-refractivity contribution in [3.63, 3.8) is 0 Å². The molecule has 0 aliphatic carbocycles. The summed E-state index contributed by atoms with van der Waals surface area (Å²) in [6.45, 7) is 2.49. The highest BCUT2D eigenvalue weighted by Gasteiger charge is 2.26. The first-order valence-electron chi connectivity index (χ1n) is 14.9. The molecule has 0 bridgehead atoms. The van der Waals surface area contributed by atoms with E-state index >= 15 is 0 Å². The Kier molecular flexibility index (Phi) is 8.12. The number of carbonyl (C=O) groups excluding carboxylic acids is 1. The summed E-state index contributed by atoms with van der Waals surface area (Å²) in [7, 11) is 0. The maximum Gasteiger partial charge on any atom is 0.263 e. The second-order valence-corrected chi connectivity index (χ2v) is 11.4. The molecule has 6 aromatic rings. The summed E-state index contributed by atoms with van der Waals surface area (Å²) in [5, 5.41) is 5.84. The SMILES string of the molecule is O=C(c1ccc(Cl)cc1)N1CCCN(c2nc(Cc3ccccc3)nc3onc(-c4cccc(Oc5ccccc5)c4)c23)CC1. The molecule has 2 aromatic heterocycles. The lowest BCUT2D eigenvalue weighted by molar-refractivity contribution is 0.0767. The van der Waals surface area contributed by atoms with E-state index in [1.54, 1.807) is 24.3 Å². The molecule has 4 aromatic carbocycles. The molecule has 0 N–H and O–H groups in total. The number of benzene rings is 4. The smallest absolute Gasteiger partial charge is 0.263 e. The third kappa shape index (κ3) is 6.37. The van der Waals surface area contributed by atoms with Crippen LogP contribution in [0.2, 0.25) is 5.02 Å². The highest BCUT2D eigenvalue weighted by Crippen LogP contribution is 2.36. The zero-order valence-electron chi connectivity index (χ0n) is 24.5. The number of ether oxygens (including phenoxy) is 1. The molecule has 224 valence electrons. The Morgan fingerprint density at radius 1 is 0.800 bits per heavy atom. The second-order valence-electron chi connectivity index (χ2n) is 10.9. The van der Waals surface area contributed by atoms with Gasteiger partial charge in [0, 0.05) is 48.7 Å². The minimum absolute atomic E-state index is 0.00739. The van der Waals surface area contributed by atoms with E-state index in [0.717, 1.165) is 34.5 Å². The molecule has 1 saturated heterocycles. The maximum absolute atomic E-state index is 13.3. The predicted molar refractivity (Wildman–Crippen MR) is 175 cm³/mol. The number of anilines is 1. The lowest BCUT2D eigenvalue weighted by Crippen LogP contribution is -2.35. The maximum atomic E-state index is 13.3. The van der Waals surface area contributed by atoms with Crippen LogP contribution in [0.4, 0.5) is 5.82 Å². The molecule has 7 rings (SSSR count). The third-order valence-electron chi connectivity index (χ3n) is 7.83. The molecule has 0 unspecified atom stereocenters. The van der Waals surface area contributed by atoms with Crippen molar-refractivity contribution in [3.05, 3.63) is 131 Å². The lowest BCUT2D eigenvalue weighted by Gasteiger charge is -2.24. The molecule has 0 saturated carbocycles. The molecule has 1 aliphatic rings. The van der Waals surface area contributed by atoms with E-state index in [1.807, 2.05) is 77.7 Å². The van der Waals surface area contributed by atoms with Gasteiger partial charge in [-0.15, -0.1) is 0 Å². The number of fused-ring (bicyclic) bond motifs is 1. The van der Waals surface area contributed by atoms with E-state index in [-0.39, 0.29) is 5.91 Å². The van der Waals surface area contributed by atoms with Gasteiger partial charge in [-0.25, -0.2) is 4.98 Å². The minimum Gasteiger partial charge on any atom is -0.457 e. The van der Waals surface area contributed by atoms with Crippen molar-refractivity contribution < 1.29 is 14.1 Å². The fraction of sp³-hybridized carbons (Fsp3) is 0.167. The summed E-state index contributed by atoms with van der Waals surface area (Å²) < 4.78 is 12.0. The van der Waals surface area contributed by atoms with E-state index in [9.17, 15) is 4.79 Å². The predicted octanol–water partition coefficient (Wildman–Crippen LogP) is 7.67. The van der Waals surface area contributed by atoms with Gasteiger partial charge in [0.25, 0.3) is 11.6 Å². The molecule has 1 amide bonds. The largest absolute Gasteiger partial charge is 0.457 e. The summed E-state index contributed by atoms with van der Waals surface area (Å²) in [5.41, 5.74) is 3.62. The molecule has 0 atom stereocenters. The second kappa shape index (κ2) is 12.8. The molecule has 0 spiro atoms. The number of nitrogens with zero attached hydrogens (tertiary/aromatic N) is 5. The van der Waals surface area contributed by atoms with Gasteiger partial charge in [0.05, 0.1) is 0 Å². The number of rotatable bonds is 7. The number of hydrogen-bond acceptors (Lipinski definition) is 7. The van der Waals surface area contributed by atoms with Gasteiger partial charge in [0.15, 0.2) is 0 Å². The fourth-order valence-corrected chi connectivity index (χ4v) is 5.73. The van der Waals surface area contributed by atoms with Gasteiger partial charge < -0.3 is 19.1 Å². The van der Waals surface area contributed by atoms with Crippen LogP contribution >= 0.6 is 11.6 Å². The molecule has 3 heterocycles. The van der Waals surface area contributed by atoms with E-state index in [1.165, 1.54) is 0 Å². The van der Waals surface area contributed by atoms with Crippen molar-refractivity contribution in [3.8, 4) is 22.8 Å². The summed E-state index contributed by atoms with van der Waals surface area (Å²) in [6.07, 6.45) is 1.33. The number of aromatic nitrogens is 3. The van der Waals surface area contributed by atoms with Gasteiger partial charge >= 0.3 is 0 Å². The molecule has 8 nitrogen and oxygen atoms in total. The van der Waals surface area contributed by atoms with Crippen molar-refractivity contribution >= 4 is 34.4 Å². The van der Waals surface area contributed by atoms with Crippen LogP contribution in [0.25, 0.3) is 22.4 Å². The summed E-state index contributed by atoms with van der Waals surface area (Å²) in [6, 6.07) is 34.6. The van der Waals surface area contributed by atoms with Crippen LogP contribution in [0.5, 0.6) is 11.5 Å². The van der Waals surface area contributed by atoms with Gasteiger partial charge in [-0.1, -0.05) is 77.4 Å². The van der Waals surface area contributed by atoms with E-state index in [0.29, 0.717) is 66.2 Å². The van der Waals surface area contributed by atoms with Crippen LogP contribution in [0.15, 0.2) is 114 Å². The average Bonchev–Trinajstić information content (AvgIpc) is 3.34. The average molecular weight is 616 g/mol. The number of amides is 1. The van der Waals surface area contributed by atoms with E-state index in [4.69, 9.17) is 30.8 Å². The van der Waals surface area contributed by atoms with Crippen molar-refractivity contribution in [1.29, 1.82) is 0 Å². The normalized spacial score (nSPS) is 13.5. The van der Waals surface area contributed by atoms with Gasteiger partial charge in [-0.3, -0.25) is 4.79 Å². The van der Waals surface area contributed by atoms with Gasteiger partial charge in [0.2, 0.25) is 0 Å². The van der Waals surface area contributed by atoms with Crippen LogP contribution in [0, 0.1) is 0 Å². The molecular formula is C36H30ClN5O3. The Morgan fingerprint density at radius 2 is 1.56 bits per heavy atom. The summed E-state index contributed by atoms with van der Waals surface area (Å²) >= 11 is 6.06. The van der Waals surface area contributed by atoms with Gasteiger partial charge in [-0.05, 0) is 60.5 Å². The lowest BCUT2D eigenvalue weighted by atomic mass is 10.1. The Balaban J connectivity index is 1.24. The van der Waals surface area contributed by atoms with Crippen LogP contribution in [0.3, 0.4) is 0 Å². The first-order chi connectivity index (χ1) is 22.1. The van der Waals surface area contributed by atoms with Crippen LogP contribution in [0.1, 0.15) is 28.2 Å². The summed E-state index contributed by atoms with van der Waals surface area (Å²) in [4.78, 5) is 27.4. The van der Waals surface area contributed by atoms with E-state index < -0.39 is 0 Å². The Hall–Kier alpha value is -5.21. The number of carbonyl (C=O) groups is 1. The first kappa shape index (κ1) is 28.6. The van der Waals surface area contributed by atoms with Crippen molar-refractivity contribution in [2.45, 2.75) is 12.8 Å². The van der Waals surface area contributed by atoms with Gasteiger partial charge in [-0.2, -0.15) is 4.98 Å². The quantitative estimate of drug-likeness (QED) is 0.182. The van der Waals surface area contributed by atoms with E-state index in [2.05, 4.69) is 22.2 Å².